The highest BCUT2D eigenvalue weighted by Gasteiger charge is 2.19. The summed E-state index contributed by atoms with van der Waals surface area (Å²) in [6, 6.07) is 5.16. The molecule has 6 nitrogen and oxygen atoms in total. The summed E-state index contributed by atoms with van der Waals surface area (Å²) in [6.07, 6.45) is 0. The fourth-order valence-electron chi connectivity index (χ4n) is 2.49. The smallest absolute Gasteiger partial charge is 0.338 e. The first-order valence-electron chi connectivity index (χ1n) is 7.39. The summed E-state index contributed by atoms with van der Waals surface area (Å²) in [5, 5.41) is 2.88. The van der Waals surface area contributed by atoms with Gasteiger partial charge in [0.05, 0.1) is 31.5 Å². The first kappa shape index (κ1) is 16.5. The van der Waals surface area contributed by atoms with E-state index in [9.17, 15) is 9.59 Å². The van der Waals surface area contributed by atoms with E-state index < -0.39 is 5.97 Å². The van der Waals surface area contributed by atoms with Crippen LogP contribution in [-0.2, 0) is 9.47 Å². The van der Waals surface area contributed by atoms with Crippen LogP contribution in [0.3, 0.4) is 0 Å². The van der Waals surface area contributed by atoms with Crippen LogP contribution >= 0.6 is 0 Å². The molecule has 0 aliphatic carbocycles. The fraction of sp³-hybridized carbons (Fsp3) is 0.500. The molecule has 1 N–H and O–H groups in total. The average molecular weight is 306 g/mol. The molecule has 0 atom stereocenters. The Kier molecular flexibility index (Phi) is 5.91. The molecule has 0 spiro atoms. The molecule has 0 saturated carbocycles. The first-order chi connectivity index (χ1) is 10.6. The number of morpholine rings is 1. The van der Waals surface area contributed by atoms with Gasteiger partial charge in [0.1, 0.15) is 0 Å². The van der Waals surface area contributed by atoms with E-state index in [1.54, 1.807) is 12.1 Å². The van der Waals surface area contributed by atoms with Crippen LogP contribution in [0.1, 0.15) is 26.3 Å². The predicted octanol–water partition coefficient (Wildman–Crippen LogP) is 0.844. The normalized spacial score (nSPS) is 15.4. The third-order valence-corrected chi connectivity index (χ3v) is 3.72. The molecule has 1 fully saturated rings. The Labute approximate surface area is 130 Å². The second kappa shape index (κ2) is 7.91. The zero-order valence-electron chi connectivity index (χ0n) is 13.1. The zero-order chi connectivity index (χ0) is 15.9. The SMILES string of the molecule is COC(=O)c1cccc(C)c1C(=O)NCCN1CCOCC1. The molecule has 1 amide bonds. The van der Waals surface area contributed by atoms with Crippen LogP contribution in [0.15, 0.2) is 18.2 Å². The van der Waals surface area contributed by atoms with Crippen LogP contribution in [0.5, 0.6) is 0 Å². The molecule has 1 aliphatic rings. The summed E-state index contributed by atoms with van der Waals surface area (Å²) >= 11 is 0. The molecule has 1 saturated heterocycles. The molecule has 1 heterocycles. The third kappa shape index (κ3) is 4.05. The van der Waals surface area contributed by atoms with Gasteiger partial charge in [0, 0.05) is 26.2 Å². The summed E-state index contributed by atoms with van der Waals surface area (Å²) in [7, 11) is 1.31. The van der Waals surface area contributed by atoms with Gasteiger partial charge in [0.25, 0.3) is 5.91 Å². The summed E-state index contributed by atoms with van der Waals surface area (Å²) in [5.74, 6) is -0.742. The molecule has 0 unspecified atom stereocenters. The molecular weight excluding hydrogens is 284 g/mol. The number of aryl methyl sites for hydroxylation is 1. The Morgan fingerprint density at radius 2 is 2.05 bits per heavy atom. The number of nitrogens with zero attached hydrogens (tertiary/aromatic N) is 1. The van der Waals surface area contributed by atoms with E-state index in [1.807, 2.05) is 13.0 Å². The summed E-state index contributed by atoms with van der Waals surface area (Å²) in [4.78, 5) is 26.4. The van der Waals surface area contributed by atoms with Crippen LogP contribution in [0.4, 0.5) is 0 Å². The molecule has 1 aromatic rings. The minimum absolute atomic E-state index is 0.244. The minimum atomic E-state index is -0.498. The molecule has 6 heteroatoms. The Balaban J connectivity index is 1.98. The number of nitrogens with one attached hydrogen (secondary N) is 1. The first-order valence-corrected chi connectivity index (χ1v) is 7.39. The van der Waals surface area contributed by atoms with E-state index in [0.717, 1.165) is 38.4 Å². The fourth-order valence-corrected chi connectivity index (χ4v) is 2.49. The number of benzene rings is 1. The maximum absolute atomic E-state index is 12.4. The predicted molar refractivity (Wildman–Crippen MR) is 82.1 cm³/mol. The van der Waals surface area contributed by atoms with Crippen molar-refractivity contribution >= 4 is 11.9 Å². The van der Waals surface area contributed by atoms with E-state index in [0.29, 0.717) is 17.7 Å². The van der Waals surface area contributed by atoms with Crippen LogP contribution in [0.2, 0.25) is 0 Å². The van der Waals surface area contributed by atoms with E-state index in [4.69, 9.17) is 9.47 Å². The van der Waals surface area contributed by atoms with Gasteiger partial charge < -0.3 is 14.8 Å². The molecule has 22 heavy (non-hydrogen) atoms. The lowest BCUT2D eigenvalue weighted by Gasteiger charge is -2.26. The van der Waals surface area contributed by atoms with Gasteiger partial charge in [0.15, 0.2) is 0 Å². The number of ether oxygens (including phenoxy) is 2. The van der Waals surface area contributed by atoms with Gasteiger partial charge in [-0.3, -0.25) is 9.69 Å². The van der Waals surface area contributed by atoms with Gasteiger partial charge in [-0.2, -0.15) is 0 Å². The van der Waals surface area contributed by atoms with Crippen molar-refractivity contribution in [3.63, 3.8) is 0 Å². The number of rotatable bonds is 5. The number of carbonyl (C=O) groups is 2. The largest absolute Gasteiger partial charge is 0.465 e. The number of hydrogen-bond acceptors (Lipinski definition) is 5. The maximum atomic E-state index is 12.4. The molecule has 1 aromatic carbocycles. The van der Waals surface area contributed by atoms with Crippen molar-refractivity contribution in [3.05, 3.63) is 34.9 Å². The van der Waals surface area contributed by atoms with Gasteiger partial charge >= 0.3 is 5.97 Å². The van der Waals surface area contributed by atoms with E-state index >= 15 is 0 Å². The molecule has 0 bridgehead atoms. The van der Waals surface area contributed by atoms with E-state index in [-0.39, 0.29) is 5.91 Å². The van der Waals surface area contributed by atoms with Crippen molar-refractivity contribution in [3.8, 4) is 0 Å². The molecule has 0 radical (unpaired) electrons. The second-order valence-electron chi connectivity index (χ2n) is 5.20. The highest BCUT2D eigenvalue weighted by molar-refractivity contribution is 6.06. The standard InChI is InChI=1S/C16H22N2O4/c1-12-4-3-5-13(16(20)21-2)14(12)15(19)17-6-7-18-8-10-22-11-9-18/h3-5H,6-11H2,1-2H3,(H,17,19). The van der Waals surface area contributed by atoms with Gasteiger partial charge in [-0.15, -0.1) is 0 Å². The topological polar surface area (TPSA) is 67.9 Å². The molecular formula is C16H22N2O4. The highest BCUT2D eigenvalue weighted by Crippen LogP contribution is 2.15. The lowest BCUT2D eigenvalue weighted by atomic mass is 10.0. The van der Waals surface area contributed by atoms with Gasteiger partial charge in [-0.1, -0.05) is 12.1 Å². The Morgan fingerprint density at radius 3 is 2.73 bits per heavy atom. The second-order valence-corrected chi connectivity index (χ2v) is 5.20. The van der Waals surface area contributed by atoms with Crippen molar-refractivity contribution in [2.24, 2.45) is 0 Å². The van der Waals surface area contributed by atoms with Crippen molar-refractivity contribution in [1.29, 1.82) is 0 Å². The van der Waals surface area contributed by atoms with Crippen LogP contribution in [-0.4, -0.2) is 63.3 Å². The molecule has 0 aromatic heterocycles. The van der Waals surface area contributed by atoms with Crippen molar-refractivity contribution in [1.82, 2.24) is 10.2 Å². The Bertz CT molecular complexity index is 539. The Hall–Kier alpha value is -1.92. The van der Waals surface area contributed by atoms with E-state index in [2.05, 4.69) is 10.2 Å². The quantitative estimate of drug-likeness (QED) is 0.817. The molecule has 120 valence electrons. The van der Waals surface area contributed by atoms with Crippen molar-refractivity contribution in [2.75, 3.05) is 46.5 Å². The highest BCUT2D eigenvalue weighted by atomic mass is 16.5. The van der Waals surface area contributed by atoms with Gasteiger partial charge in [-0.25, -0.2) is 4.79 Å². The number of methoxy groups -OCH3 is 1. The van der Waals surface area contributed by atoms with Gasteiger partial charge in [-0.05, 0) is 18.6 Å². The number of carbonyl (C=O) groups excluding carboxylic acids is 2. The number of esters is 1. The van der Waals surface area contributed by atoms with Crippen LogP contribution in [0.25, 0.3) is 0 Å². The van der Waals surface area contributed by atoms with Crippen molar-refractivity contribution in [2.45, 2.75) is 6.92 Å². The third-order valence-electron chi connectivity index (χ3n) is 3.72. The minimum Gasteiger partial charge on any atom is -0.465 e. The average Bonchev–Trinajstić information content (AvgIpc) is 2.54. The summed E-state index contributed by atoms with van der Waals surface area (Å²) < 4.78 is 10.0. The summed E-state index contributed by atoms with van der Waals surface area (Å²) in [5.41, 5.74) is 1.44. The maximum Gasteiger partial charge on any atom is 0.338 e. The van der Waals surface area contributed by atoms with E-state index in [1.165, 1.54) is 7.11 Å². The number of amides is 1. The van der Waals surface area contributed by atoms with Crippen LogP contribution in [0, 0.1) is 6.92 Å². The molecule has 1 aliphatic heterocycles. The Morgan fingerprint density at radius 1 is 1.32 bits per heavy atom. The van der Waals surface area contributed by atoms with Crippen molar-refractivity contribution < 1.29 is 19.1 Å². The monoisotopic (exact) mass is 306 g/mol. The van der Waals surface area contributed by atoms with Gasteiger partial charge in [0.2, 0.25) is 0 Å². The summed E-state index contributed by atoms with van der Waals surface area (Å²) in [6.45, 7) is 6.35. The van der Waals surface area contributed by atoms with Crippen LogP contribution < -0.4 is 5.32 Å². The molecule has 2 rings (SSSR count). The zero-order valence-corrected chi connectivity index (χ0v) is 13.1. The lowest BCUT2D eigenvalue weighted by Crippen LogP contribution is -2.41. The lowest BCUT2D eigenvalue weighted by molar-refractivity contribution is 0.0383. The number of hydrogen-bond donors (Lipinski definition) is 1.